The van der Waals surface area contributed by atoms with E-state index in [4.69, 9.17) is 4.74 Å². The predicted molar refractivity (Wildman–Crippen MR) is 124 cm³/mol. The van der Waals surface area contributed by atoms with Crippen molar-refractivity contribution in [1.29, 1.82) is 0 Å². The summed E-state index contributed by atoms with van der Waals surface area (Å²) < 4.78 is 5.57. The molecule has 7 nitrogen and oxygen atoms in total. The Morgan fingerprint density at radius 3 is 2.88 bits per heavy atom. The lowest BCUT2D eigenvalue weighted by Gasteiger charge is -2.35. The molecule has 3 aliphatic rings. The van der Waals surface area contributed by atoms with Gasteiger partial charge < -0.3 is 19.5 Å². The van der Waals surface area contributed by atoms with Gasteiger partial charge in [-0.2, -0.15) is 0 Å². The van der Waals surface area contributed by atoms with Gasteiger partial charge in [-0.1, -0.05) is 30.3 Å². The third-order valence-corrected chi connectivity index (χ3v) is 7.11. The highest BCUT2D eigenvalue weighted by Gasteiger charge is 2.30. The molecule has 0 bridgehead atoms. The Balaban J connectivity index is 1.23. The minimum absolute atomic E-state index is 0.437. The minimum Gasteiger partial charge on any atom is -0.378 e. The fourth-order valence-electron chi connectivity index (χ4n) is 5.49. The highest BCUT2D eigenvalue weighted by molar-refractivity contribution is 5.83. The maximum atomic E-state index is 5.57. The van der Waals surface area contributed by atoms with Crippen LogP contribution in [0.25, 0.3) is 11.2 Å². The predicted octanol–water partition coefficient (Wildman–Crippen LogP) is 3.67. The van der Waals surface area contributed by atoms with Gasteiger partial charge in [0.15, 0.2) is 11.5 Å². The second-order valence-corrected chi connectivity index (χ2v) is 8.93. The van der Waals surface area contributed by atoms with Crippen molar-refractivity contribution in [3.8, 4) is 0 Å². The summed E-state index contributed by atoms with van der Waals surface area (Å²) in [6.45, 7) is 4.61. The first-order valence-corrected chi connectivity index (χ1v) is 11.8. The monoisotopic (exact) mass is 429 g/mol. The highest BCUT2D eigenvalue weighted by atomic mass is 16.5. The number of nitrogens with one attached hydrogen (secondary N) is 1. The smallest absolute Gasteiger partial charge is 0.162 e. The molecule has 1 aromatic carbocycles. The number of hydrogen-bond donors (Lipinski definition) is 1. The molecule has 1 unspecified atom stereocenters. The van der Waals surface area contributed by atoms with Gasteiger partial charge >= 0.3 is 0 Å². The molecule has 2 aliphatic heterocycles. The quantitative estimate of drug-likeness (QED) is 0.667. The maximum absolute atomic E-state index is 5.57. The summed E-state index contributed by atoms with van der Waals surface area (Å²) in [5.41, 5.74) is 5.86. The molecule has 1 radical (unpaired) electrons. The number of aromatic amines is 1. The summed E-state index contributed by atoms with van der Waals surface area (Å²) in [4.78, 5) is 21.5. The number of benzene rings is 1. The number of morpholine rings is 1. The van der Waals surface area contributed by atoms with Crippen LogP contribution in [0.4, 0.5) is 5.82 Å². The summed E-state index contributed by atoms with van der Waals surface area (Å²) >= 11 is 0. The molecule has 3 aromatic rings. The van der Waals surface area contributed by atoms with E-state index in [1.807, 2.05) is 0 Å². The average molecular weight is 430 g/mol. The summed E-state index contributed by atoms with van der Waals surface area (Å²) in [5, 5.41) is 0. The number of H-pyrrole nitrogens is 1. The van der Waals surface area contributed by atoms with Crippen LogP contribution in [0.3, 0.4) is 0 Å². The number of imidazole rings is 1. The zero-order valence-corrected chi connectivity index (χ0v) is 18.3. The summed E-state index contributed by atoms with van der Waals surface area (Å²) in [6, 6.07) is 9.37. The standard InChI is InChI=1S/C25H29N6O/c1-2-6-22-18(4-1)14-21(30-10-12-32-13-11-30)15-19(22)7-8-20-5-3-9-31(20)25-23-24(27-16-26-23)28-17-29-25/h1-2,4,6,14-17,19-20H,3,5,7-13H2,(H,26,27,28,29)/t19?,20-/m0/s1. The number of nitrogens with zero attached hydrogens (tertiary/aromatic N) is 5. The van der Waals surface area contributed by atoms with E-state index in [1.165, 1.54) is 29.7 Å². The number of fused-ring (bicyclic) bond motifs is 2. The van der Waals surface area contributed by atoms with Gasteiger partial charge in [0.1, 0.15) is 11.8 Å². The first-order chi connectivity index (χ1) is 15.9. The SMILES string of the molecule is [CH]1C(N2CCOCC2)=CC(CC[C@@H]2CCCN2c2ncnc3[nH]cnc23)c2ccccc21. The number of ether oxygens (including phenoxy) is 1. The Kier molecular flexibility index (Phi) is 5.27. The molecule has 6 rings (SSSR count). The van der Waals surface area contributed by atoms with E-state index < -0.39 is 0 Å². The molecule has 2 fully saturated rings. The summed E-state index contributed by atoms with van der Waals surface area (Å²) in [5.74, 6) is 1.41. The number of rotatable bonds is 5. The molecule has 0 saturated carbocycles. The Morgan fingerprint density at radius 1 is 1.03 bits per heavy atom. The molecule has 2 saturated heterocycles. The van der Waals surface area contributed by atoms with Crippen molar-refractivity contribution in [2.24, 2.45) is 0 Å². The van der Waals surface area contributed by atoms with Crippen LogP contribution in [0, 0.1) is 6.42 Å². The summed E-state index contributed by atoms with van der Waals surface area (Å²) in [7, 11) is 0. The first kappa shape index (κ1) is 19.7. The summed E-state index contributed by atoms with van der Waals surface area (Å²) in [6.07, 6.45) is 12.9. The van der Waals surface area contributed by atoms with Crippen LogP contribution in [0.15, 0.2) is 48.7 Å². The third kappa shape index (κ3) is 3.64. The number of hydrogen-bond acceptors (Lipinski definition) is 6. The Morgan fingerprint density at radius 2 is 1.94 bits per heavy atom. The van der Waals surface area contributed by atoms with Crippen LogP contribution in [-0.4, -0.2) is 63.7 Å². The van der Waals surface area contributed by atoms with Gasteiger partial charge in [0.05, 0.1) is 19.5 Å². The molecule has 32 heavy (non-hydrogen) atoms. The fraction of sp³-hybridized carbons (Fsp3) is 0.440. The Hall–Kier alpha value is -2.93. The fourth-order valence-corrected chi connectivity index (χ4v) is 5.49. The van der Waals surface area contributed by atoms with Crippen molar-refractivity contribution in [2.45, 2.75) is 37.6 Å². The topological polar surface area (TPSA) is 70.2 Å². The molecule has 0 amide bonds. The lowest BCUT2D eigenvalue weighted by molar-refractivity contribution is 0.0543. The molecule has 1 aliphatic carbocycles. The van der Waals surface area contributed by atoms with E-state index in [2.05, 4.69) is 66.5 Å². The van der Waals surface area contributed by atoms with Gasteiger partial charge in [-0.25, -0.2) is 15.0 Å². The van der Waals surface area contributed by atoms with Crippen molar-refractivity contribution < 1.29 is 4.74 Å². The van der Waals surface area contributed by atoms with Crippen molar-refractivity contribution in [2.75, 3.05) is 37.7 Å². The van der Waals surface area contributed by atoms with Crippen molar-refractivity contribution in [1.82, 2.24) is 24.8 Å². The van der Waals surface area contributed by atoms with Crippen LogP contribution in [0.5, 0.6) is 0 Å². The van der Waals surface area contributed by atoms with Gasteiger partial charge in [-0.15, -0.1) is 0 Å². The van der Waals surface area contributed by atoms with Crippen molar-refractivity contribution in [3.05, 3.63) is 66.2 Å². The van der Waals surface area contributed by atoms with E-state index in [0.29, 0.717) is 12.0 Å². The van der Waals surface area contributed by atoms with Gasteiger partial charge in [-0.05, 0) is 36.8 Å². The second kappa shape index (κ2) is 8.54. The van der Waals surface area contributed by atoms with Crippen LogP contribution in [0.1, 0.15) is 42.7 Å². The molecule has 4 heterocycles. The highest BCUT2D eigenvalue weighted by Crippen LogP contribution is 2.38. The zero-order valence-electron chi connectivity index (χ0n) is 18.3. The Labute approximate surface area is 188 Å². The molecule has 2 atom stereocenters. The minimum atomic E-state index is 0.437. The third-order valence-electron chi connectivity index (χ3n) is 7.11. The van der Waals surface area contributed by atoms with Crippen LogP contribution >= 0.6 is 0 Å². The number of anilines is 1. The molecule has 7 heteroatoms. The lowest BCUT2D eigenvalue weighted by atomic mass is 9.82. The average Bonchev–Trinajstić information content (AvgIpc) is 3.52. The molecule has 2 aromatic heterocycles. The van der Waals surface area contributed by atoms with E-state index in [-0.39, 0.29) is 0 Å². The second-order valence-electron chi connectivity index (χ2n) is 8.93. The lowest BCUT2D eigenvalue weighted by Crippen LogP contribution is -2.37. The zero-order chi connectivity index (χ0) is 21.3. The number of allylic oxidation sites excluding steroid dienone is 2. The Bertz CT molecular complexity index is 1120. The van der Waals surface area contributed by atoms with E-state index in [9.17, 15) is 0 Å². The molecule has 165 valence electrons. The van der Waals surface area contributed by atoms with Gasteiger partial charge in [0.2, 0.25) is 0 Å². The van der Waals surface area contributed by atoms with E-state index in [1.54, 1.807) is 12.7 Å². The molecule has 1 N–H and O–H groups in total. The van der Waals surface area contributed by atoms with Crippen LogP contribution < -0.4 is 4.90 Å². The van der Waals surface area contributed by atoms with Crippen molar-refractivity contribution in [3.63, 3.8) is 0 Å². The van der Waals surface area contributed by atoms with E-state index in [0.717, 1.165) is 62.7 Å². The van der Waals surface area contributed by atoms with E-state index >= 15 is 0 Å². The molecule has 0 spiro atoms. The normalized spacial score (nSPS) is 23.4. The molecular weight excluding hydrogens is 400 g/mol. The maximum Gasteiger partial charge on any atom is 0.162 e. The van der Waals surface area contributed by atoms with Crippen LogP contribution in [0.2, 0.25) is 0 Å². The number of aromatic nitrogens is 4. The largest absolute Gasteiger partial charge is 0.378 e. The van der Waals surface area contributed by atoms with Crippen molar-refractivity contribution >= 4 is 17.0 Å². The van der Waals surface area contributed by atoms with Gasteiger partial charge in [-0.3, -0.25) is 0 Å². The first-order valence-electron chi connectivity index (χ1n) is 11.8. The van der Waals surface area contributed by atoms with Gasteiger partial charge in [0.25, 0.3) is 0 Å². The molecular formula is C25H29N6O. The van der Waals surface area contributed by atoms with Gasteiger partial charge in [0, 0.05) is 43.7 Å². The van der Waals surface area contributed by atoms with Crippen LogP contribution in [-0.2, 0) is 4.74 Å².